The average Bonchev–Trinajstić information content (AvgIpc) is 2.82. The lowest BCUT2D eigenvalue weighted by Gasteiger charge is -2.51. The van der Waals surface area contributed by atoms with Crippen molar-refractivity contribution in [1.82, 2.24) is 10.6 Å². The third kappa shape index (κ3) is 1.82. The van der Waals surface area contributed by atoms with Gasteiger partial charge in [-0.05, 0) is 67.6 Å². The number of hydrogen-bond donors (Lipinski definition) is 3. The number of aliphatic hydroxyl groups excluding tert-OH is 1. The van der Waals surface area contributed by atoms with E-state index in [2.05, 4.69) is 10.6 Å². The Bertz CT molecular complexity index is 475. The van der Waals surface area contributed by atoms with Gasteiger partial charge in [0.05, 0.1) is 6.10 Å². The normalized spacial score (nSPS) is 49.8. The molecule has 6 rings (SSSR count). The lowest BCUT2D eigenvalue weighted by atomic mass is 9.56. The Morgan fingerprint density at radius 2 is 1.86 bits per heavy atom. The molecule has 6 fully saturated rings. The number of aliphatic hydroxyl groups is 1. The van der Waals surface area contributed by atoms with Crippen LogP contribution >= 0.6 is 0 Å². The predicted molar refractivity (Wildman–Crippen MR) is 83.1 cm³/mol. The van der Waals surface area contributed by atoms with Crippen molar-refractivity contribution in [2.24, 2.45) is 35.0 Å². The molecule has 4 bridgehead atoms. The van der Waals surface area contributed by atoms with Crippen LogP contribution in [0.25, 0.3) is 0 Å². The first-order valence-electron chi connectivity index (χ1n) is 9.40. The van der Waals surface area contributed by atoms with Crippen molar-refractivity contribution in [3.8, 4) is 0 Å². The Morgan fingerprint density at radius 1 is 1.14 bits per heavy atom. The molecule has 6 aliphatic rings. The highest BCUT2D eigenvalue weighted by Crippen LogP contribution is 2.70. The summed E-state index contributed by atoms with van der Waals surface area (Å²) in [6, 6.07) is 0.452. The van der Waals surface area contributed by atoms with Crippen LogP contribution in [0.5, 0.6) is 0 Å². The molecule has 0 heterocycles. The molecular formula is C18H28N2O2. The Labute approximate surface area is 132 Å². The van der Waals surface area contributed by atoms with E-state index >= 15 is 0 Å². The predicted octanol–water partition coefficient (Wildman–Crippen LogP) is 2.27. The maximum atomic E-state index is 12.2. The van der Waals surface area contributed by atoms with Gasteiger partial charge in [0, 0.05) is 18.5 Å². The molecule has 4 nitrogen and oxygen atoms in total. The molecule has 3 N–H and O–H groups in total. The van der Waals surface area contributed by atoms with Gasteiger partial charge in [0.15, 0.2) is 0 Å². The monoisotopic (exact) mass is 304 g/mol. The molecule has 0 saturated heterocycles. The average molecular weight is 304 g/mol. The van der Waals surface area contributed by atoms with Gasteiger partial charge in [-0.15, -0.1) is 0 Å². The summed E-state index contributed by atoms with van der Waals surface area (Å²) in [5, 5.41) is 17.0. The summed E-state index contributed by atoms with van der Waals surface area (Å²) in [7, 11) is 0. The van der Waals surface area contributed by atoms with E-state index in [1.165, 1.54) is 44.9 Å². The van der Waals surface area contributed by atoms with Crippen molar-refractivity contribution >= 4 is 6.03 Å². The van der Waals surface area contributed by atoms with Crippen LogP contribution in [0.1, 0.15) is 51.4 Å². The van der Waals surface area contributed by atoms with Crippen LogP contribution in [0, 0.1) is 35.0 Å². The standard InChI is InChI=1S/C18H28N2O2/c21-16-10(3-1-4-18(16)5-2-6-18)9-19-17(22)20-15-11-7-12-13(8-11)14(12)15/h10-16,21H,1-9H2,(H2,19,20,22). The van der Waals surface area contributed by atoms with Crippen molar-refractivity contribution in [2.45, 2.75) is 63.5 Å². The van der Waals surface area contributed by atoms with E-state index in [1.807, 2.05) is 0 Å². The minimum Gasteiger partial charge on any atom is -0.392 e. The van der Waals surface area contributed by atoms with Crippen LogP contribution in [0.2, 0.25) is 0 Å². The summed E-state index contributed by atoms with van der Waals surface area (Å²) in [5.41, 5.74) is 0.203. The quantitative estimate of drug-likeness (QED) is 0.749. The molecule has 22 heavy (non-hydrogen) atoms. The molecule has 6 saturated carbocycles. The number of amides is 2. The van der Waals surface area contributed by atoms with Gasteiger partial charge in [0.1, 0.15) is 0 Å². The highest BCUT2D eigenvalue weighted by molar-refractivity contribution is 5.74. The Hall–Kier alpha value is -0.770. The van der Waals surface area contributed by atoms with Crippen molar-refractivity contribution in [3.63, 3.8) is 0 Å². The Balaban J connectivity index is 1.13. The van der Waals surface area contributed by atoms with Crippen LogP contribution in [0.15, 0.2) is 0 Å². The summed E-state index contributed by atoms with van der Waals surface area (Å²) >= 11 is 0. The summed E-state index contributed by atoms with van der Waals surface area (Å²) in [6.07, 6.45) is 9.59. The second-order valence-corrected chi connectivity index (χ2v) is 8.83. The minimum atomic E-state index is -0.206. The van der Waals surface area contributed by atoms with Gasteiger partial charge >= 0.3 is 6.03 Å². The van der Waals surface area contributed by atoms with Crippen molar-refractivity contribution in [1.29, 1.82) is 0 Å². The van der Waals surface area contributed by atoms with E-state index in [1.54, 1.807) is 0 Å². The molecule has 0 aromatic rings. The lowest BCUT2D eigenvalue weighted by Crippen LogP contribution is -2.52. The SMILES string of the molecule is O=C(NCC1CCCC2(CCC2)C1O)NC1C2CC3C(C2)C31. The molecule has 122 valence electrons. The van der Waals surface area contributed by atoms with E-state index in [4.69, 9.17) is 0 Å². The molecule has 0 aliphatic heterocycles. The smallest absolute Gasteiger partial charge is 0.315 e. The van der Waals surface area contributed by atoms with Gasteiger partial charge in [-0.1, -0.05) is 12.8 Å². The Morgan fingerprint density at radius 3 is 2.45 bits per heavy atom. The van der Waals surface area contributed by atoms with Gasteiger partial charge in [0.25, 0.3) is 0 Å². The molecule has 5 unspecified atom stereocenters. The fraction of sp³-hybridized carbons (Fsp3) is 0.944. The van der Waals surface area contributed by atoms with Gasteiger partial charge in [-0.2, -0.15) is 0 Å². The third-order valence-corrected chi connectivity index (χ3v) is 7.97. The summed E-state index contributed by atoms with van der Waals surface area (Å²) in [5.74, 6) is 3.69. The van der Waals surface area contributed by atoms with E-state index in [0.717, 1.165) is 30.1 Å². The summed E-state index contributed by atoms with van der Waals surface area (Å²) < 4.78 is 0. The van der Waals surface area contributed by atoms with Crippen LogP contribution < -0.4 is 10.6 Å². The molecule has 0 aromatic carbocycles. The maximum absolute atomic E-state index is 12.2. The van der Waals surface area contributed by atoms with Gasteiger partial charge in [-0.3, -0.25) is 0 Å². The zero-order chi connectivity index (χ0) is 14.9. The zero-order valence-corrected chi connectivity index (χ0v) is 13.3. The molecular weight excluding hydrogens is 276 g/mol. The second kappa shape index (κ2) is 4.62. The third-order valence-electron chi connectivity index (χ3n) is 7.97. The van der Waals surface area contributed by atoms with Gasteiger partial charge in [0.2, 0.25) is 0 Å². The summed E-state index contributed by atoms with van der Waals surface area (Å²) in [6.45, 7) is 0.643. The fourth-order valence-electron chi connectivity index (χ4n) is 6.63. The maximum Gasteiger partial charge on any atom is 0.315 e. The number of urea groups is 1. The fourth-order valence-corrected chi connectivity index (χ4v) is 6.63. The van der Waals surface area contributed by atoms with Crippen LogP contribution in [0.3, 0.4) is 0 Å². The van der Waals surface area contributed by atoms with E-state index < -0.39 is 0 Å². The van der Waals surface area contributed by atoms with Gasteiger partial charge < -0.3 is 15.7 Å². The molecule has 2 amide bonds. The first-order chi connectivity index (χ1) is 10.7. The highest BCUT2D eigenvalue weighted by atomic mass is 16.3. The van der Waals surface area contributed by atoms with E-state index in [0.29, 0.717) is 12.6 Å². The molecule has 4 heteroatoms. The zero-order valence-electron chi connectivity index (χ0n) is 13.3. The number of hydrogen-bond acceptors (Lipinski definition) is 2. The first-order valence-corrected chi connectivity index (χ1v) is 9.40. The van der Waals surface area contributed by atoms with E-state index in [-0.39, 0.29) is 23.5 Å². The summed E-state index contributed by atoms with van der Waals surface area (Å²) in [4.78, 5) is 12.2. The van der Waals surface area contributed by atoms with Crippen molar-refractivity contribution in [3.05, 3.63) is 0 Å². The molecule has 5 atom stereocenters. The highest BCUT2D eigenvalue weighted by Gasteiger charge is 2.68. The van der Waals surface area contributed by atoms with E-state index in [9.17, 15) is 9.90 Å². The topological polar surface area (TPSA) is 61.4 Å². The Kier molecular flexibility index (Phi) is 2.87. The lowest BCUT2D eigenvalue weighted by molar-refractivity contribution is -0.0968. The number of rotatable bonds is 3. The van der Waals surface area contributed by atoms with Crippen LogP contribution in [-0.2, 0) is 0 Å². The van der Waals surface area contributed by atoms with Gasteiger partial charge in [-0.25, -0.2) is 4.79 Å². The second-order valence-electron chi connectivity index (χ2n) is 8.83. The number of carbonyl (C=O) groups is 1. The molecule has 1 spiro atoms. The first kappa shape index (κ1) is 13.6. The number of nitrogens with one attached hydrogen (secondary N) is 2. The minimum absolute atomic E-state index is 0.00336. The number of carbonyl (C=O) groups excluding carboxylic acids is 1. The molecule has 0 radical (unpaired) electrons. The molecule has 6 aliphatic carbocycles. The van der Waals surface area contributed by atoms with Crippen LogP contribution in [-0.4, -0.2) is 29.8 Å². The molecule has 0 aromatic heterocycles. The van der Waals surface area contributed by atoms with Crippen molar-refractivity contribution < 1.29 is 9.90 Å². The van der Waals surface area contributed by atoms with Crippen LogP contribution in [0.4, 0.5) is 4.79 Å². The van der Waals surface area contributed by atoms with Crippen molar-refractivity contribution in [2.75, 3.05) is 6.54 Å². The largest absolute Gasteiger partial charge is 0.392 e.